The maximum absolute atomic E-state index is 12.9. The van der Waals surface area contributed by atoms with Crippen molar-refractivity contribution in [3.63, 3.8) is 0 Å². The van der Waals surface area contributed by atoms with E-state index in [1.54, 1.807) is 6.92 Å². The van der Waals surface area contributed by atoms with Gasteiger partial charge in [0.25, 0.3) is 0 Å². The molecule has 7 fully saturated rings. The van der Waals surface area contributed by atoms with Gasteiger partial charge < -0.3 is 84.2 Å². The molecule has 5 aliphatic carbocycles. The fraction of sp³-hybridized carbons (Fsp3) is 0.880. The number of rotatable bonds is 10. The summed E-state index contributed by atoms with van der Waals surface area (Å²) in [5, 5.41) is 107. The van der Waals surface area contributed by atoms with Crippen LogP contribution >= 0.6 is 0 Å². The molecule has 21 nitrogen and oxygen atoms in total. The first kappa shape index (κ1) is 54.4. The molecular weight excluding hydrogens is 937 g/mol. The van der Waals surface area contributed by atoms with Crippen LogP contribution < -0.4 is 0 Å². The van der Waals surface area contributed by atoms with Gasteiger partial charge in [0.2, 0.25) is 0 Å². The normalized spacial score (nSPS) is 53.5. The molecule has 3 heterocycles. The third kappa shape index (κ3) is 8.77. The van der Waals surface area contributed by atoms with E-state index in [-0.39, 0.29) is 40.9 Å². The summed E-state index contributed by atoms with van der Waals surface area (Å²) in [6, 6.07) is 0. The highest BCUT2D eigenvalue weighted by atomic mass is 16.8. The van der Waals surface area contributed by atoms with Crippen LogP contribution in [0, 0.1) is 56.2 Å². The number of ether oxygens (including phenoxy) is 7. The Bertz CT molecular complexity index is 2090. The van der Waals surface area contributed by atoms with Gasteiger partial charge in [-0.3, -0.25) is 9.59 Å². The second-order valence-electron chi connectivity index (χ2n) is 24.3. The number of hydrogen-bond acceptors (Lipinski definition) is 18. The molecular formula is C50H76O21. The Kier molecular flexibility index (Phi) is 14.3. The molecule has 71 heavy (non-hydrogen) atoms. The number of carbonyl (C=O) groups excluding carboxylic acids is 1. The molecule has 10 N–H and O–H groups in total. The van der Waals surface area contributed by atoms with E-state index in [9.17, 15) is 70.2 Å². The monoisotopic (exact) mass is 1010 g/mol. The van der Waals surface area contributed by atoms with Gasteiger partial charge >= 0.3 is 23.9 Å². The number of aliphatic hydroxyl groups is 7. The van der Waals surface area contributed by atoms with Gasteiger partial charge in [-0.15, -0.1) is 0 Å². The molecule has 0 aromatic rings. The van der Waals surface area contributed by atoms with E-state index in [4.69, 9.17) is 33.2 Å². The Hall–Kier alpha value is -2.90. The maximum Gasteiger partial charge on any atom is 0.335 e. The van der Waals surface area contributed by atoms with Crippen LogP contribution in [0.2, 0.25) is 0 Å². The van der Waals surface area contributed by atoms with Crippen LogP contribution in [-0.2, 0) is 52.3 Å². The van der Waals surface area contributed by atoms with E-state index in [1.165, 1.54) is 13.8 Å². The standard InChI is InChI=1S/C50H76O21/c1-20-28(52)29(53)34(58)41(65-20)70-38-33(57)31(55)36(40(61)62)69-43(38)71-37-32(56)30(54)35(39(59)60)68-42(37)67-22-16-45(3,4)25-12-13-50(9)26(48(25,7)17-22)11-10-23-24-18-46(5,44(63)64)19-27(66-21(2)51)47(24,6)14-15-49(23,50)8/h10-11,20,22-38,41-43,52-58H,12-19H2,1-9H3,(H,59,60)(H,61,62)(H,63,64). The minimum atomic E-state index is -2.17. The van der Waals surface area contributed by atoms with E-state index in [0.29, 0.717) is 19.3 Å². The zero-order valence-electron chi connectivity index (χ0n) is 41.9. The van der Waals surface area contributed by atoms with E-state index >= 15 is 0 Å². The topological polar surface area (TPSA) is 335 Å². The number of aliphatic carboxylic acids is 3. The van der Waals surface area contributed by atoms with Crippen molar-refractivity contribution >= 4 is 23.9 Å². The molecule has 3 saturated heterocycles. The average Bonchev–Trinajstić information content (AvgIpc) is 3.26. The second kappa shape index (κ2) is 18.7. The Balaban J connectivity index is 1.11. The van der Waals surface area contributed by atoms with Crippen LogP contribution in [0.4, 0.5) is 0 Å². The van der Waals surface area contributed by atoms with Crippen molar-refractivity contribution in [3.8, 4) is 0 Å². The van der Waals surface area contributed by atoms with Crippen LogP contribution in [0.5, 0.6) is 0 Å². The molecule has 0 aromatic carbocycles. The Morgan fingerprint density at radius 1 is 0.577 bits per heavy atom. The van der Waals surface area contributed by atoms with Crippen molar-refractivity contribution < 1.29 is 103 Å². The predicted molar refractivity (Wildman–Crippen MR) is 241 cm³/mol. The molecule has 26 atom stereocenters. The number of aliphatic hydroxyl groups excluding tert-OH is 7. The lowest BCUT2D eigenvalue weighted by molar-refractivity contribution is -0.391. The summed E-state index contributed by atoms with van der Waals surface area (Å²) in [4.78, 5) is 50.3. The molecule has 26 unspecified atom stereocenters. The van der Waals surface area contributed by atoms with Crippen molar-refractivity contribution in [2.24, 2.45) is 56.2 Å². The van der Waals surface area contributed by atoms with Gasteiger partial charge in [-0.25, -0.2) is 9.59 Å². The third-order valence-electron chi connectivity index (χ3n) is 19.7. The van der Waals surface area contributed by atoms with Gasteiger partial charge in [-0.1, -0.05) is 53.7 Å². The van der Waals surface area contributed by atoms with Crippen molar-refractivity contribution in [2.75, 3.05) is 0 Å². The summed E-state index contributed by atoms with van der Waals surface area (Å²) in [5.74, 6) is -4.79. The highest BCUT2D eigenvalue weighted by Crippen LogP contribution is 2.76. The van der Waals surface area contributed by atoms with E-state index in [2.05, 4.69) is 53.7 Å². The fourth-order valence-electron chi connectivity index (χ4n) is 15.6. The van der Waals surface area contributed by atoms with Gasteiger partial charge in [0, 0.05) is 18.8 Å². The van der Waals surface area contributed by atoms with E-state index in [0.717, 1.165) is 25.7 Å². The summed E-state index contributed by atoms with van der Waals surface area (Å²) >= 11 is 0. The van der Waals surface area contributed by atoms with Crippen molar-refractivity contribution in [2.45, 2.75) is 218 Å². The number of hydrogen-bond donors (Lipinski definition) is 10. The summed E-state index contributed by atoms with van der Waals surface area (Å²) in [6.07, 6.45) is -20.7. The van der Waals surface area contributed by atoms with E-state index < -0.39 is 150 Å². The predicted octanol–water partition coefficient (Wildman–Crippen LogP) is 1.32. The quantitative estimate of drug-likeness (QED) is 0.0838. The zero-order chi connectivity index (χ0) is 52.5. The van der Waals surface area contributed by atoms with Crippen molar-refractivity contribution in [3.05, 3.63) is 12.2 Å². The van der Waals surface area contributed by atoms with Crippen LogP contribution in [0.1, 0.15) is 114 Å². The summed E-state index contributed by atoms with van der Waals surface area (Å²) in [5.41, 5.74) is -3.12. The molecule has 8 aliphatic rings. The Labute approximate surface area is 412 Å². The largest absolute Gasteiger partial charge is 0.481 e. The molecule has 0 radical (unpaired) electrons. The minimum absolute atomic E-state index is 0.0408. The third-order valence-corrected chi connectivity index (χ3v) is 19.7. The van der Waals surface area contributed by atoms with Gasteiger partial charge in [0.05, 0.1) is 17.6 Å². The molecule has 4 saturated carbocycles. The molecule has 0 aromatic heterocycles. The first-order valence-electron chi connectivity index (χ1n) is 25.1. The average molecular weight is 1010 g/mol. The van der Waals surface area contributed by atoms with Crippen LogP contribution in [-0.4, -0.2) is 179 Å². The summed E-state index contributed by atoms with van der Waals surface area (Å²) in [6.45, 7) is 17.8. The molecule has 3 aliphatic heterocycles. The fourth-order valence-corrected chi connectivity index (χ4v) is 15.6. The maximum atomic E-state index is 12.9. The van der Waals surface area contributed by atoms with Crippen molar-refractivity contribution in [1.29, 1.82) is 0 Å². The molecule has 8 rings (SSSR count). The Morgan fingerprint density at radius 3 is 1.69 bits per heavy atom. The lowest BCUT2D eigenvalue weighted by atomic mass is 9.33. The second-order valence-corrected chi connectivity index (χ2v) is 24.3. The first-order valence-corrected chi connectivity index (χ1v) is 25.1. The zero-order valence-corrected chi connectivity index (χ0v) is 41.9. The molecule has 0 spiro atoms. The molecule has 21 heteroatoms. The van der Waals surface area contributed by atoms with Gasteiger partial charge in [-0.2, -0.15) is 0 Å². The van der Waals surface area contributed by atoms with Gasteiger partial charge in [-0.05, 0) is 104 Å². The number of carboxylic acid groups (broad SMARTS) is 3. The highest BCUT2D eigenvalue weighted by Gasteiger charge is 2.71. The smallest absolute Gasteiger partial charge is 0.335 e. The number of allylic oxidation sites excluding steroid dienone is 2. The number of esters is 1. The minimum Gasteiger partial charge on any atom is -0.481 e. The van der Waals surface area contributed by atoms with Gasteiger partial charge in [0.15, 0.2) is 31.1 Å². The van der Waals surface area contributed by atoms with Crippen LogP contribution in [0.25, 0.3) is 0 Å². The summed E-state index contributed by atoms with van der Waals surface area (Å²) < 4.78 is 41.9. The SMILES string of the molecule is CC(=O)OC1CC(C)(C(=O)O)CC2C3C=CC4C5(C)CC(OC6OC(C(=O)O)C(O)C(O)C6OC6OC(C(=O)O)C(O)C(O)C6OC6OC(C)C(O)C(O)C6O)CC(C)(C)C5CCC4(C)C3(C)CCC12C. The van der Waals surface area contributed by atoms with Crippen LogP contribution in [0.3, 0.4) is 0 Å². The highest BCUT2D eigenvalue weighted by molar-refractivity contribution is 5.75. The van der Waals surface area contributed by atoms with E-state index in [1.807, 2.05) is 0 Å². The Morgan fingerprint density at radius 2 is 1.14 bits per heavy atom. The summed E-state index contributed by atoms with van der Waals surface area (Å²) in [7, 11) is 0. The number of fused-ring (bicyclic) bond motifs is 7. The first-order chi connectivity index (χ1) is 32.8. The number of carbonyl (C=O) groups is 4. The van der Waals surface area contributed by atoms with Crippen molar-refractivity contribution in [1.82, 2.24) is 0 Å². The van der Waals surface area contributed by atoms with Gasteiger partial charge in [0.1, 0.15) is 61.0 Å². The lowest BCUT2D eigenvalue weighted by Gasteiger charge is -2.72. The molecule has 0 bridgehead atoms. The molecule has 0 amide bonds. The van der Waals surface area contributed by atoms with Crippen LogP contribution in [0.15, 0.2) is 12.2 Å². The molecule has 402 valence electrons. The number of carboxylic acids is 3. The lowest BCUT2D eigenvalue weighted by Crippen LogP contribution is -2.68.